The van der Waals surface area contributed by atoms with Crippen LogP contribution in [0.1, 0.15) is 29.9 Å². The van der Waals surface area contributed by atoms with Crippen LogP contribution in [0, 0.1) is 5.92 Å². The van der Waals surface area contributed by atoms with Crippen LogP contribution in [0.3, 0.4) is 0 Å². The molecule has 2 amide bonds. The van der Waals surface area contributed by atoms with E-state index in [-0.39, 0.29) is 6.03 Å². The molecule has 1 saturated carbocycles. The monoisotopic (exact) mass is 359 g/mol. The summed E-state index contributed by atoms with van der Waals surface area (Å²) in [6.45, 7) is 1.37. The number of hydrogen-bond donors (Lipinski definition) is 2. The maximum Gasteiger partial charge on any atom is 0.314 e. The molecule has 4 rings (SSSR count). The smallest absolute Gasteiger partial charge is 0.314 e. The van der Waals surface area contributed by atoms with Crippen molar-refractivity contribution in [3.63, 3.8) is 0 Å². The number of urea groups is 1. The molecule has 0 bridgehead atoms. The van der Waals surface area contributed by atoms with Gasteiger partial charge >= 0.3 is 6.03 Å². The second kappa shape index (κ2) is 8.21. The minimum absolute atomic E-state index is 0.0769. The number of pyridine rings is 1. The SMILES string of the molecule is O=C(NCCc1cnc2ccccc2c1)NCC1CC(c2ccccc2)C1. The third-order valence-electron chi connectivity index (χ3n) is 5.40. The van der Waals surface area contributed by atoms with Crippen molar-refractivity contribution in [1.29, 1.82) is 0 Å². The highest BCUT2D eigenvalue weighted by Crippen LogP contribution is 2.40. The largest absolute Gasteiger partial charge is 0.338 e. The van der Waals surface area contributed by atoms with E-state index in [1.165, 1.54) is 5.56 Å². The van der Waals surface area contributed by atoms with Gasteiger partial charge in [-0.1, -0.05) is 48.5 Å². The maximum absolute atomic E-state index is 12.0. The Morgan fingerprint density at radius 3 is 2.63 bits per heavy atom. The molecule has 0 aliphatic heterocycles. The van der Waals surface area contributed by atoms with Crippen molar-refractivity contribution in [2.75, 3.05) is 13.1 Å². The molecule has 4 heteroatoms. The normalized spacial score (nSPS) is 18.7. The summed E-state index contributed by atoms with van der Waals surface area (Å²) in [5.41, 5.74) is 3.56. The maximum atomic E-state index is 12.0. The minimum atomic E-state index is -0.0769. The Balaban J connectivity index is 1.15. The van der Waals surface area contributed by atoms with E-state index in [2.05, 4.69) is 58.1 Å². The number of hydrogen-bond acceptors (Lipinski definition) is 2. The second-order valence-electron chi connectivity index (χ2n) is 7.37. The molecule has 27 heavy (non-hydrogen) atoms. The molecule has 138 valence electrons. The van der Waals surface area contributed by atoms with E-state index >= 15 is 0 Å². The molecule has 0 unspecified atom stereocenters. The molecule has 1 aliphatic carbocycles. The van der Waals surface area contributed by atoms with Gasteiger partial charge in [-0.05, 0) is 54.4 Å². The lowest BCUT2D eigenvalue weighted by Gasteiger charge is -2.35. The number of rotatable bonds is 6. The average molecular weight is 359 g/mol. The Bertz CT molecular complexity index is 904. The lowest BCUT2D eigenvalue weighted by molar-refractivity contribution is 0.224. The molecule has 3 aromatic rings. The van der Waals surface area contributed by atoms with Crippen LogP contribution < -0.4 is 10.6 Å². The lowest BCUT2D eigenvalue weighted by Crippen LogP contribution is -2.41. The number of fused-ring (bicyclic) bond motifs is 1. The standard InChI is InChI=1S/C23H25N3O/c27-23(26-16-18-13-21(14-18)19-6-2-1-3-7-19)24-11-10-17-12-20-8-4-5-9-22(20)25-15-17/h1-9,12,15,18,21H,10-11,13-14,16H2,(H2,24,26,27). The fourth-order valence-electron chi connectivity index (χ4n) is 3.77. The molecule has 0 atom stereocenters. The number of para-hydroxylation sites is 1. The second-order valence-corrected chi connectivity index (χ2v) is 7.37. The molecule has 0 radical (unpaired) electrons. The van der Waals surface area contributed by atoms with Crippen LogP contribution in [-0.2, 0) is 6.42 Å². The summed E-state index contributed by atoms with van der Waals surface area (Å²) in [5.74, 6) is 1.24. The zero-order valence-corrected chi connectivity index (χ0v) is 15.4. The molecule has 2 aromatic carbocycles. The zero-order valence-electron chi connectivity index (χ0n) is 15.4. The summed E-state index contributed by atoms with van der Waals surface area (Å²) in [5, 5.41) is 7.09. The fourth-order valence-corrected chi connectivity index (χ4v) is 3.77. The molecule has 0 spiro atoms. The number of nitrogens with zero attached hydrogens (tertiary/aromatic N) is 1. The van der Waals surface area contributed by atoms with E-state index in [1.807, 2.05) is 24.4 Å². The first-order valence-electron chi connectivity index (χ1n) is 9.68. The van der Waals surface area contributed by atoms with Gasteiger partial charge in [-0.2, -0.15) is 0 Å². The van der Waals surface area contributed by atoms with Crippen molar-refractivity contribution in [3.05, 3.63) is 78.0 Å². The number of nitrogens with one attached hydrogen (secondary N) is 2. The highest BCUT2D eigenvalue weighted by atomic mass is 16.2. The van der Waals surface area contributed by atoms with E-state index in [1.54, 1.807) is 0 Å². The van der Waals surface area contributed by atoms with E-state index in [0.29, 0.717) is 18.4 Å². The molecule has 4 nitrogen and oxygen atoms in total. The van der Waals surface area contributed by atoms with Crippen LogP contribution in [-0.4, -0.2) is 24.1 Å². The van der Waals surface area contributed by atoms with Gasteiger partial charge in [0.1, 0.15) is 0 Å². The molecular weight excluding hydrogens is 334 g/mol. The van der Waals surface area contributed by atoms with Gasteiger partial charge < -0.3 is 10.6 Å². The predicted octanol–water partition coefficient (Wildman–Crippen LogP) is 4.27. The number of aromatic nitrogens is 1. The summed E-state index contributed by atoms with van der Waals surface area (Å²) in [4.78, 5) is 16.5. The first-order valence-corrected chi connectivity index (χ1v) is 9.68. The Morgan fingerprint density at radius 2 is 1.78 bits per heavy atom. The van der Waals surface area contributed by atoms with E-state index in [0.717, 1.165) is 42.3 Å². The zero-order chi connectivity index (χ0) is 18.5. The van der Waals surface area contributed by atoms with Crippen molar-refractivity contribution in [1.82, 2.24) is 15.6 Å². The third kappa shape index (κ3) is 4.45. The lowest BCUT2D eigenvalue weighted by atomic mass is 9.71. The Kier molecular flexibility index (Phi) is 5.33. The van der Waals surface area contributed by atoms with Crippen LogP contribution in [0.2, 0.25) is 0 Å². The van der Waals surface area contributed by atoms with Gasteiger partial charge in [-0.3, -0.25) is 4.98 Å². The van der Waals surface area contributed by atoms with E-state index < -0.39 is 0 Å². The summed E-state index contributed by atoms with van der Waals surface area (Å²) in [7, 11) is 0. The first kappa shape index (κ1) is 17.5. The number of carbonyl (C=O) groups is 1. The molecule has 1 fully saturated rings. The van der Waals surface area contributed by atoms with E-state index in [4.69, 9.17) is 0 Å². The van der Waals surface area contributed by atoms with Crippen LogP contribution in [0.4, 0.5) is 4.79 Å². The van der Waals surface area contributed by atoms with Crippen molar-refractivity contribution in [2.45, 2.75) is 25.2 Å². The average Bonchev–Trinajstić information content (AvgIpc) is 2.67. The molecule has 0 saturated heterocycles. The van der Waals surface area contributed by atoms with Gasteiger partial charge in [-0.15, -0.1) is 0 Å². The molecule has 1 aromatic heterocycles. The van der Waals surface area contributed by atoms with Crippen LogP contribution in [0.15, 0.2) is 66.9 Å². The highest BCUT2D eigenvalue weighted by Gasteiger charge is 2.30. The minimum Gasteiger partial charge on any atom is -0.338 e. The van der Waals surface area contributed by atoms with Crippen molar-refractivity contribution >= 4 is 16.9 Å². The van der Waals surface area contributed by atoms with Crippen LogP contribution in [0.25, 0.3) is 10.9 Å². The van der Waals surface area contributed by atoms with Gasteiger partial charge in [0.05, 0.1) is 5.52 Å². The first-order chi connectivity index (χ1) is 13.3. The number of benzene rings is 2. The summed E-state index contributed by atoms with van der Waals surface area (Å²) in [6.07, 6.45) is 4.99. The van der Waals surface area contributed by atoms with Gasteiger partial charge in [0, 0.05) is 24.7 Å². The predicted molar refractivity (Wildman–Crippen MR) is 109 cm³/mol. The Labute approximate surface area is 160 Å². The number of carbonyl (C=O) groups excluding carboxylic acids is 1. The third-order valence-corrected chi connectivity index (χ3v) is 5.40. The summed E-state index contributed by atoms with van der Waals surface area (Å²) < 4.78 is 0. The van der Waals surface area contributed by atoms with Gasteiger partial charge in [0.25, 0.3) is 0 Å². The van der Waals surface area contributed by atoms with Gasteiger partial charge in [0.15, 0.2) is 0 Å². The molecule has 1 aliphatic rings. The topological polar surface area (TPSA) is 54.0 Å². The van der Waals surface area contributed by atoms with E-state index in [9.17, 15) is 4.79 Å². The van der Waals surface area contributed by atoms with Gasteiger partial charge in [0.2, 0.25) is 0 Å². The van der Waals surface area contributed by atoms with Gasteiger partial charge in [-0.25, -0.2) is 4.79 Å². The van der Waals surface area contributed by atoms with Crippen molar-refractivity contribution in [2.24, 2.45) is 5.92 Å². The van der Waals surface area contributed by atoms with Crippen LogP contribution in [0.5, 0.6) is 0 Å². The Morgan fingerprint density at radius 1 is 1.00 bits per heavy atom. The Hall–Kier alpha value is -2.88. The highest BCUT2D eigenvalue weighted by molar-refractivity contribution is 5.78. The van der Waals surface area contributed by atoms with Crippen molar-refractivity contribution in [3.8, 4) is 0 Å². The summed E-state index contributed by atoms with van der Waals surface area (Å²) in [6, 6.07) is 20.8. The molecule has 2 N–H and O–H groups in total. The quantitative estimate of drug-likeness (QED) is 0.690. The molecular formula is C23H25N3O. The summed E-state index contributed by atoms with van der Waals surface area (Å²) >= 11 is 0. The van der Waals surface area contributed by atoms with Crippen molar-refractivity contribution < 1.29 is 4.79 Å². The molecule has 1 heterocycles. The number of amides is 2. The fraction of sp³-hybridized carbons (Fsp3) is 0.304. The van der Waals surface area contributed by atoms with Crippen LogP contribution >= 0.6 is 0 Å².